The van der Waals surface area contributed by atoms with Crippen molar-refractivity contribution in [1.29, 1.82) is 0 Å². The SMILES string of the molecule is Cn1nc(C(=O)NCC#Cc2ccc(N3CCNC3=O)cc2)ccc1=O. The highest BCUT2D eigenvalue weighted by molar-refractivity contribution is 5.94. The van der Waals surface area contributed by atoms with E-state index in [0.29, 0.717) is 13.1 Å². The Hall–Kier alpha value is -3.60. The first-order valence-corrected chi connectivity index (χ1v) is 8.01. The fourth-order valence-corrected chi connectivity index (χ4v) is 2.43. The van der Waals surface area contributed by atoms with Gasteiger partial charge in [0.1, 0.15) is 5.69 Å². The number of urea groups is 1. The molecule has 8 nitrogen and oxygen atoms in total. The van der Waals surface area contributed by atoms with Crippen molar-refractivity contribution < 1.29 is 9.59 Å². The van der Waals surface area contributed by atoms with Gasteiger partial charge in [-0.05, 0) is 30.3 Å². The van der Waals surface area contributed by atoms with Gasteiger partial charge in [0.2, 0.25) is 0 Å². The molecular weight excluding hydrogens is 334 g/mol. The Bertz CT molecular complexity index is 953. The van der Waals surface area contributed by atoms with Crippen molar-refractivity contribution >= 4 is 17.6 Å². The Morgan fingerprint density at radius 2 is 2.00 bits per heavy atom. The molecule has 8 heteroatoms. The largest absolute Gasteiger partial charge is 0.340 e. The number of hydrogen-bond donors (Lipinski definition) is 2. The normalized spacial score (nSPS) is 13.0. The molecule has 1 aliphatic rings. The molecule has 3 amide bonds. The van der Waals surface area contributed by atoms with E-state index in [1.807, 2.05) is 24.3 Å². The maximum atomic E-state index is 11.9. The maximum absolute atomic E-state index is 11.9. The number of anilines is 1. The Morgan fingerprint density at radius 3 is 2.65 bits per heavy atom. The molecule has 0 atom stereocenters. The summed E-state index contributed by atoms with van der Waals surface area (Å²) in [6.07, 6.45) is 0. The molecular formula is C18H17N5O3. The van der Waals surface area contributed by atoms with Crippen LogP contribution in [0.5, 0.6) is 0 Å². The fourth-order valence-electron chi connectivity index (χ4n) is 2.43. The summed E-state index contributed by atoms with van der Waals surface area (Å²) in [5, 5.41) is 9.25. The van der Waals surface area contributed by atoms with Crippen LogP contribution in [0.3, 0.4) is 0 Å². The molecule has 2 heterocycles. The van der Waals surface area contributed by atoms with Gasteiger partial charge >= 0.3 is 6.03 Å². The number of carbonyl (C=O) groups is 2. The average Bonchev–Trinajstić information content (AvgIpc) is 3.07. The molecule has 0 radical (unpaired) electrons. The monoisotopic (exact) mass is 351 g/mol. The summed E-state index contributed by atoms with van der Waals surface area (Å²) >= 11 is 0. The smallest absolute Gasteiger partial charge is 0.321 e. The lowest BCUT2D eigenvalue weighted by Gasteiger charge is -2.13. The van der Waals surface area contributed by atoms with E-state index in [9.17, 15) is 14.4 Å². The number of rotatable bonds is 3. The van der Waals surface area contributed by atoms with Gasteiger partial charge in [0.05, 0.1) is 6.54 Å². The molecule has 132 valence electrons. The Balaban J connectivity index is 1.56. The zero-order valence-corrected chi connectivity index (χ0v) is 14.2. The van der Waals surface area contributed by atoms with Gasteiger partial charge in [0.25, 0.3) is 11.5 Å². The van der Waals surface area contributed by atoms with Crippen molar-refractivity contribution in [3.63, 3.8) is 0 Å². The molecule has 1 aromatic carbocycles. The van der Waals surface area contributed by atoms with Crippen LogP contribution in [0.25, 0.3) is 0 Å². The van der Waals surface area contributed by atoms with Crippen LogP contribution in [0.15, 0.2) is 41.2 Å². The number of nitrogens with one attached hydrogen (secondary N) is 2. The van der Waals surface area contributed by atoms with Crippen molar-refractivity contribution in [3.8, 4) is 11.8 Å². The summed E-state index contributed by atoms with van der Waals surface area (Å²) < 4.78 is 1.10. The zero-order valence-electron chi connectivity index (χ0n) is 14.2. The molecule has 0 bridgehead atoms. The maximum Gasteiger partial charge on any atom is 0.321 e. The molecule has 2 N–H and O–H groups in total. The Labute approximate surface area is 149 Å². The Kier molecular flexibility index (Phi) is 4.99. The van der Waals surface area contributed by atoms with Crippen molar-refractivity contribution in [2.45, 2.75) is 0 Å². The summed E-state index contributed by atoms with van der Waals surface area (Å²) in [6, 6.07) is 9.88. The summed E-state index contributed by atoms with van der Waals surface area (Å²) in [7, 11) is 1.48. The van der Waals surface area contributed by atoms with Gasteiger partial charge in [0.15, 0.2) is 0 Å². The topological polar surface area (TPSA) is 96.3 Å². The summed E-state index contributed by atoms with van der Waals surface area (Å²) in [5.41, 5.74) is 1.47. The van der Waals surface area contributed by atoms with E-state index in [0.717, 1.165) is 15.9 Å². The van der Waals surface area contributed by atoms with E-state index in [1.165, 1.54) is 19.2 Å². The van der Waals surface area contributed by atoms with Crippen molar-refractivity contribution in [3.05, 3.63) is 58.0 Å². The third kappa shape index (κ3) is 3.89. The third-order valence-electron chi connectivity index (χ3n) is 3.80. The van der Waals surface area contributed by atoms with Crippen LogP contribution in [0.2, 0.25) is 0 Å². The van der Waals surface area contributed by atoms with Gasteiger partial charge in [-0.25, -0.2) is 9.48 Å². The van der Waals surface area contributed by atoms with E-state index in [-0.39, 0.29) is 23.8 Å². The summed E-state index contributed by atoms with van der Waals surface area (Å²) in [6.45, 7) is 1.44. The van der Waals surface area contributed by atoms with Crippen LogP contribution >= 0.6 is 0 Å². The highest BCUT2D eigenvalue weighted by Gasteiger charge is 2.20. The van der Waals surface area contributed by atoms with E-state index >= 15 is 0 Å². The number of carbonyl (C=O) groups excluding carboxylic acids is 2. The number of hydrogen-bond acceptors (Lipinski definition) is 4. The molecule has 0 aliphatic carbocycles. The molecule has 1 aliphatic heterocycles. The second-order valence-electron chi connectivity index (χ2n) is 5.60. The van der Waals surface area contributed by atoms with Crippen LogP contribution in [-0.2, 0) is 7.05 Å². The zero-order chi connectivity index (χ0) is 18.5. The lowest BCUT2D eigenvalue weighted by atomic mass is 10.2. The molecule has 26 heavy (non-hydrogen) atoms. The van der Waals surface area contributed by atoms with Crippen LogP contribution in [0, 0.1) is 11.8 Å². The molecule has 1 saturated heterocycles. The predicted molar refractivity (Wildman–Crippen MR) is 95.9 cm³/mol. The highest BCUT2D eigenvalue weighted by Crippen LogP contribution is 2.16. The molecule has 0 spiro atoms. The second kappa shape index (κ2) is 7.53. The van der Waals surface area contributed by atoms with Gasteiger partial charge in [-0.15, -0.1) is 0 Å². The first-order chi connectivity index (χ1) is 12.5. The minimum Gasteiger partial charge on any atom is -0.340 e. The number of nitrogens with zero attached hydrogens (tertiary/aromatic N) is 3. The average molecular weight is 351 g/mol. The van der Waals surface area contributed by atoms with E-state index in [4.69, 9.17) is 0 Å². The predicted octanol–water partition coefficient (Wildman–Crippen LogP) is 0.0914. The number of amides is 3. The van der Waals surface area contributed by atoms with Gasteiger partial charge in [-0.1, -0.05) is 11.8 Å². The van der Waals surface area contributed by atoms with E-state index in [1.54, 1.807) is 4.90 Å². The minimum absolute atomic E-state index is 0.0985. The standard InChI is InChI=1S/C18H17N5O3/c1-22-16(24)9-8-15(21-22)17(25)19-10-2-3-13-4-6-14(7-5-13)23-12-11-20-18(23)26/h4-9H,10-12H2,1H3,(H,19,25)(H,20,26). The van der Waals surface area contributed by atoms with Crippen molar-refractivity contribution in [2.24, 2.45) is 7.05 Å². The molecule has 0 unspecified atom stereocenters. The number of aromatic nitrogens is 2. The van der Waals surface area contributed by atoms with Gasteiger partial charge < -0.3 is 10.6 Å². The van der Waals surface area contributed by atoms with Crippen LogP contribution in [0.1, 0.15) is 16.1 Å². The van der Waals surface area contributed by atoms with E-state index in [2.05, 4.69) is 27.6 Å². The fraction of sp³-hybridized carbons (Fsp3) is 0.222. The number of benzene rings is 1. The third-order valence-corrected chi connectivity index (χ3v) is 3.80. The molecule has 1 aromatic heterocycles. The quantitative estimate of drug-likeness (QED) is 0.766. The van der Waals surface area contributed by atoms with Crippen LogP contribution in [-0.4, -0.2) is 41.4 Å². The van der Waals surface area contributed by atoms with Crippen molar-refractivity contribution in [1.82, 2.24) is 20.4 Å². The first kappa shape index (κ1) is 17.2. The van der Waals surface area contributed by atoms with Crippen LogP contribution < -0.4 is 21.1 Å². The molecule has 3 rings (SSSR count). The lowest BCUT2D eigenvalue weighted by Crippen LogP contribution is -2.28. The Morgan fingerprint density at radius 1 is 1.23 bits per heavy atom. The minimum atomic E-state index is -0.398. The summed E-state index contributed by atoms with van der Waals surface area (Å²) in [4.78, 5) is 36.5. The van der Waals surface area contributed by atoms with Gasteiger partial charge in [-0.2, -0.15) is 5.10 Å². The molecule has 0 saturated carbocycles. The number of aryl methyl sites for hydroxylation is 1. The van der Waals surface area contributed by atoms with E-state index < -0.39 is 5.91 Å². The first-order valence-electron chi connectivity index (χ1n) is 8.01. The van der Waals surface area contributed by atoms with Gasteiger partial charge in [-0.3, -0.25) is 14.5 Å². The second-order valence-corrected chi connectivity index (χ2v) is 5.60. The highest BCUT2D eigenvalue weighted by atomic mass is 16.2. The molecule has 1 fully saturated rings. The molecule has 2 aromatic rings. The van der Waals surface area contributed by atoms with Crippen LogP contribution in [0.4, 0.5) is 10.5 Å². The lowest BCUT2D eigenvalue weighted by molar-refractivity contribution is 0.0951. The summed E-state index contributed by atoms with van der Waals surface area (Å²) in [5.74, 6) is 5.40. The van der Waals surface area contributed by atoms with Gasteiger partial charge in [0, 0.05) is 37.5 Å². The van der Waals surface area contributed by atoms with Crippen molar-refractivity contribution in [2.75, 3.05) is 24.5 Å².